The molecule has 0 saturated carbocycles. The van der Waals surface area contributed by atoms with E-state index in [0.717, 1.165) is 49.0 Å². The van der Waals surface area contributed by atoms with Gasteiger partial charge in [0.15, 0.2) is 5.78 Å². The molecule has 0 amide bonds. The molecule has 0 radical (unpaired) electrons. The number of fused-ring (bicyclic) bond motifs is 1. The predicted octanol–water partition coefficient (Wildman–Crippen LogP) is 3.12. The fraction of sp³-hybridized carbons (Fsp3) is 0.333. The Hall–Kier alpha value is -3.48. The number of aromatic nitrogens is 3. The highest BCUT2D eigenvalue weighted by Crippen LogP contribution is 2.36. The van der Waals surface area contributed by atoms with Gasteiger partial charge in [-0.1, -0.05) is 24.3 Å². The Morgan fingerprint density at radius 1 is 0.935 bits per heavy atom. The third-order valence-corrected chi connectivity index (χ3v) is 6.14. The minimum atomic E-state index is 0.0694. The van der Waals surface area contributed by atoms with Gasteiger partial charge in [-0.2, -0.15) is 0 Å². The van der Waals surface area contributed by atoms with E-state index in [2.05, 4.69) is 19.8 Å². The standard InChI is InChI=1S/C24H25N5O2/c1-31-22-7-3-2-6-18(22)17-14-20-19(21(30)15-17)16-26-24(27-20)29-12-10-28(11-13-29)23-8-4-5-9-25-23/h2-9,16-17H,10-15H2,1H3/t17-/m0/s1. The molecule has 158 valence electrons. The number of hydrogen-bond donors (Lipinski definition) is 0. The zero-order chi connectivity index (χ0) is 21.2. The number of Topliss-reactive ketones (excluding diaryl/α,β-unsaturated/α-hetero) is 1. The molecule has 3 heterocycles. The molecule has 0 N–H and O–H groups in total. The fourth-order valence-corrected chi connectivity index (χ4v) is 4.49. The lowest BCUT2D eigenvalue weighted by molar-refractivity contribution is 0.0962. The van der Waals surface area contributed by atoms with Crippen molar-refractivity contribution in [2.45, 2.75) is 18.8 Å². The van der Waals surface area contributed by atoms with E-state index in [1.807, 2.05) is 48.7 Å². The second kappa shape index (κ2) is 8.34. The molecule has 0 unspecified atom stereocenters. The van der Waals surface area contributed by atoms with Gasteiger partial charge >= 0.3 is 0 Å². The van der Waals surface area contributed by atoms with Gasteiger partial charge in [-0.25, -0.2) is 15.0 Å². The van der Waals surface area contributed by atoms with Crippen LogP contribution in [0, 0.1) is 0 Å². The van der Waals surface area contributed by atoms with Crippen molar-refractivity contribution in [2.75, 3.05) is 43.1 Å². The van der Waals surface area contributed by atoms with Crippen molar-refractivity contribution in [1.29, 1.82) is 0 Å². The average Bonchev–Trinajstić information content (AvgIpc) is 2.84. The highest BCUT2D eigenvalue weighted by Gasteiger charge is 2.30. The maximum atomic E-state index is 12.8. The van der Waals surface area contributed by atoms with E-state index in [0.29, 0.717) is 24.4 Å². The second-order valence-corrected chi connectivity index (χ2v) is 7.96. The summed E-state index contributed by atoms with van der Waals surface area (Å²) in [5.74, 6) is 2.69. The van der Waals surface area contributed by atoms with Crippen LogP contribution in [-0.2, 0) is 6.42 Å². The number of ether oxygens (including phenoxy) is 1. The number of carbonyl (C=O) groups is 1. The Morgan fingerprint density at radius 3 is 2.48 bits per heavy atom. The Labute approximate surface area is 181 Å². The highest BCUT2D eigenvalue weighted by molar-refractivity contribution is 5.98. The van der Waals surface area contributed by atoms with Crippen molar-refractivity contribution in [3.8, 4) is 5.75 Å². The molecule has 5 rings (SSSR count). The molecule has 31 heavy (non-hydrogen) atoms. The number of anilines is 2. The molecule has 0 bridgehead atoms. The highest BCUT2D eigenvalue weighted by atomic mass is 16.5. The Morgan fingerprint density at radius 2 is 1.71 bits per heavy atom. The molecule has 7 nitrogen and oxygen atoms in total. The van der Waals surface area contributed by atoms with Crippen LogP contribution in [0.4, 0.5) is 11.8 Å². The van der Waals surface area contributed by atoms with Crippen LogP contribution in [0.3, 0.4) is 0 Å². The minimum Gasteiger partial charge on any atom is -0.496 e. The Kier molecular flexibility index (Phi) is 5.24. The van der Waals surface area contributed by atoms with Crippen molar-refractivity contribution in [2.24, 2.45) is 0 Å². The first-order chi connectivity index (χ1) is 15.2. The molecule has 3 aromatic rings. The number of carbonyl (C=O) groups excluding carboxylic acids is 1. The number of hydrogen-bond acceptors (Lipinski definition) is 7. The molecule has 2 aromatic heterocycles. The van der Waals surface area contributed by atoms with Gasteiger partial charge in [0.2, 0.25) is 5.95 Å². The summed E-state index contributed by atoms with van der Waals surface area (Å²) in [6.45, 7) is 3.36. The number of nitrogens with zero attached hydrogens (tertiary/aromatic N) is 5. The number of benzene rings is 1. The lowest BCUT2D eigenvalue weighted by Gasteiger charge is -2.35. The maximum absolute atomic E-state index is 12.8. The lowest BCUT2D eigenvalue weighted by atomic mass is 9.82. The minimum absolute atomic E-state index is 0.0694. The van der Waals surface area contributed by atoms with Crippen molar-refractivity contribution in [3.63, 3.8) is 0 Å². The summed E-state index contributed by atoms with van der Waals surface area (Å²) in [6.07, 6.45) is 4.71. The molecular formula is C24H25N5O2. The zero-order valence-corrected chi connectivity index (χ0v) is 17.6. The van der Waals surface area contributed by atoms with Gasteiger partial charge in [0.25, 0.3) is 0 Å². The quantitative estimate of drug-likeness (QED) is 0.648. The third kappa shape index (κ3) is 3.83. The zero-order valence-electron chi connectivity index (χ0n) is 17.6. The molecule has 1 aliphatic carbocycles. The summed E-state index contributed by atoms with van der Waals surface area (Å²) in [5, 5.41) is 0. The van der Waals surface area contributed by atoms with Gasteiger partial charge in [-0.05, 0) is 30.2 Å². The van der Waals surface area contributed by atoms with Crippen LogP contribution in [0.5, 0.6) is 5.75 Å². The van der Waals surface area contributed by atoms with Gasteiger partial charge in [0, 0.05) is 50.9 Å². The molecule has 0 spiro atoms. The van der Waals surface area contributed by atoms with Gasteiger partial charge in [0.1, 0.15) is 11.6 Å². The lowest BCUT2D eigenvalue weighted by Crippen LogP contribution is -2.47. The first-order valence-corrected chi connectivity index (χ1v) is 10.7. The molecule has 1 saturated heterocycles. The van der Waals surface area contributed by atoms with E-state index >= 15 is 0 Å². The van der Waals surface area contributed by atoms with Crippen LogP contribution in [0.25, 0.3) is 0 Å². The van der Waals surface area contributed by atoms with E-state index in [1.54, 1.807) is 13.3 Å². The summed E-state index contributed by atoms with van der Waals surface area (Å²) >= 11 is 0. The van der Waals surface area contributed by atoms with E-state index in [-0.39, 0.29) is 11.7 Å². The van der Waals surface area contributed by atoms with Gasteiger partial charge in [-0.15, -0.1) is 0 Å². The molecular weight excluding hydrogens is 390 g/mol. The predicted molar refractivity (Wildman–Crippen MR) is 119 cm³/mol. The van der Waals surface area contributed by atoms with Gasteiger partial charge in [0.05, 0.1) is 18.4 Å². The SMILES string of the molecule is COc1ccccc1[C@@H]1CC(=O)c2cnc(N3CCN(c4ccccn4)CC3)nc2C1. The average molecular weight is 415 g/mol. The van der Waals surface area contributed by atoms with Crippen LogP contribution >= 0.6 is 0 Å². The van der Waals surface area contributed by atoms with E-state index in [1.165, 1.54) is 0 Å². The third-order valence-electron chi connectivity index (χ3n) is 6.14. The number of rotatable bonds is 4. The Bertz CT molecular complexity index is 1080. The summed E-state index contributed by atoms with van der Waals surface area (Å²) in [7, 11) is 1.67. The van der Waals surface area contributed by atoms with Crippen molar-refractivity contribution >= 4 is 17.5 Å². The fourth-order valence-electron chi connectivity index (χ4n) is 4.49. The largest absolute Gasteiger partial charge is 0.496 e. The number of ketones is 1. The number of methoxy groups -OCH3 is 1. The molecule has 2 aliphatic rings. The first kappa shape index (κ1) is 19.5. The summed E-state index contributed by atoms with van der Waals surface area (Å²) in [6, 6.07) is 13.9. The van der Waals surface area contributed by atoms with Gasteiger partial charge < -0.3 is 14.5 Å². The van der Waals surface area contributed by atoms with E-state index < -0.39 is 0 Å². The summed E-state index contributed by atoms with van der Waals surface area (Å²) in [5.41, 5.74) is 2.56. The number of piperazine rings is 1. The van der Waals surface area contributed by atoms with Crippen LogP contribution in [-0.4, -0.2) is 54.0 Å². The molecule has 1 aromatic carbocycles. The van der Waals surface area contributed by atoms with Crippen LogP contribution in [0.2, 0.25) is 0 Å². The van der Waals surface area contributed by atoms with Crippen LogP contribution < -0.4 is 14.5 Å². The van der Waals surface area contributed by atoms with Crippen molar-refractivity contribution < 1.29 is 9.53 Å². The first-order valence-electron chi connectivity index (χ1n) is 10.7. The molecule has 7 heteroatoms. The Balaban J connectivity index is 1.34. The van der Waals surface area contributed by atoms with Crippen LogP contribution in [0.1, 0.15) is 34.0 Å². The second-order valence-electron chi connectivity index (χ2n) is 7.96. The molecule has 1 aliphatic heterocycles. The van der Waals surface area contributed by atoms with Crippen molar-refractivity contribution in [1.82, 2.24) is 15.0 Å². The summed E-state index contributed by atoms with van der Waals surface area (Å²) < 4.78 is 5.53. The van der Waals surface area contributed by atoms with Gasteiger partial charge in [-0.3, -0.25) is 4.79 Å². The molecule has 1 atom stereocenters. The monoisotopic (exact) mass is 415 g/mol. The van der Waals surface area contributed by atoms with Crippen molar-refractivity contribution in [3.05, 3.63) is 71.7 Å². The smallest absolute Gasteiger partial charge is 0.225 e. The number of pyridine rings is 1. The number of para-hydroxylation sites is 1. The molecule has 1 fully saturated rings. The maximum Gasteiger partial charge on any atom is 0.225 e. The summed E-state index contributed by atoms with van der Waals surface area (Å²) in [4.78, 5) is 31.1. The van der Waals surface area contributed by atoms with Crippen LogP contribution in [0.15, 0.2) is 54.9 Å². The topological polar surface area (TPSA) is 71.5 Å². The van der Waals surface area contributed by atoms with E-state index in [4.69, 9.17) is 9.72 Å². The normalized spacial score (nSPS) is 18.6. The van der Waals surface area contributed by atoms with E-state index in [9.17, 15) is 4.79 Å².